The van der Waals surface area contributed by atoms with Crippen molar-refractivity contribution in [2.45, 2.75) is 24.7 Å². The molecule has 1 nitrogen and oxygen atoms in total. The van der Waals surface area contributed by atoms with Crippen LogP contribution in [0.2, 0.25) is 0 Å². The van der Waals surface area contributed by atoms with E-state index in [1.807, 2.05) is 6.07 Å². The first-order chi connectivity index (χ1) is 8.87. The predicted octanol–water partition coefficient (Wildman–Crippen LogP) is 3.83. The highest BCUT2D eigenvalue weighted by atomic mass is 14.4. The Labute approximate surface area is 108 Å². The Balaban J connectivity index is 2.19. The van der Waals surface area contributed by atoms with E-state index in [0.717, 1.165) is 12.8 Å². The Bertz CT molecular complexity index is 595. The van der Waals surface area contributed by atoms with Crippen LogP contribution in [-0.4, -0.2) is 0 Å². The fraction of sp³-hybridized carbons (Fsp3) is 0.235. The second kappa shape index (κ2) is 4.31. The summed E-state index contributed by atoms with van der Waals surface area (Å²) in [4.78, 5) is 0. The van der Waals surface area contributed by atoms with Crippen LogP contribution in [0.5, 0.6) is 0 Å². The van der Waals surface area contributed by atoms with Crippen LogP contribution < -0.4 is 0 Å². The molecule has 0 spiro atoms. The van der Waals surface area contributed by atoms with Gasteiger partial charge in [-0.2, -0.15) is 5.26 Å². The minimum absolute atomic E-state index is 0.0907. The van der Waals surface area contributed by atoms with Crippen LogP contribution in [0.3, 0.4) is 0 Å². The summed E-state index contributed by atoms with van der Waals surface area (Å²) in [5.41, 5.74) is 3.93. The number of aryl methyl sites for hydroxylation is 1. The van der Waals surface area contributed by atoms with E-state index in [0.29, 0.717) is 6.42 Å². The van der Waals surface area contributed by atoms with Gasteiger partial charge in [-0.15, -0.1) is 0 Å². The lowest BCUT2D eigenvalue weighted by molar-refractivity contribution is 0.522. The molecule has 0 heterocycles. The molecule has 2 aromatic carbocycles. The Morgan fingerprint density at radius 3 is 2.50 bits per heavy atom. The third kappa shape index (κ3) is 1.54. The molecule has 0 aliphatic heterocycles. The molecule has 2 aromatic rings. The SMILES string of the molecule is N#CC[C@@]1(c2ccccc2)CCc2ccccc21. The predicted molar refractivity (Wildman–Crippen MR) is 72.2 cm³/mol. The molecule has 1 heteroatoms. The van der Waals surface area contributed by atoms with Gasteiger partial charge in [-0.25, -0.2) is 0 Å². The highest BCUT2D eigenvalue weighted by Gasteiger charge is 2.39. The summed E-state index contributed by atoms with van der Waals surface area (Å²) >= 11 is 0. The van der Waals surface area contributed by atoms with E-state index in [2.05, 4.69) is 54.6 Å². The monoisotopic (exact) mass is 233 g/mol. The lowest BCUT2D eigenvalue weighted by Crippen LogP contribution is -2.24. The lowest BCUT2D eigenvalue weighted by Gasteiger charge is -2.28. The maximum Gasteiger partial charge on any atom is 0.0634 e. The Morgan fingerprint density at radius 1 is 1.00 bits per heavy atom. The molecule has 0 amide bonds. The second-order valence-corrected chi connectivity index (χ2v) is 4.94. The Morgan fingerprint density at radius 2 is 1.72 bits per heavy atom. The van der Waals surface area contributed by atoms with Crippen molar-refractivity contribution in [2.75, 3.05) is 0 Å². The van der Waals surface area contributed by atoms with E-state index in [1.165, 1.54) is 16.7 Å². The maximum absolute atomic E-state index is 9.23. The van der Waals surface area contributed by atoms with Gasteiger partial charge >= 0.3 is 0 Å². The Kier molecular flexibility index (Phi) is 2.64. The van der Waals surface area contributed by atoms with Crippen molar-refractivity contribution < 1.29 is 0 Å². The minimum atomic E-state index is -0.0907. The first-order valence-electron chi connectivity index (χ1n) is 6.38. The minimum Gasteiger partial charge on any atom is -0.198 e. The molecule has 0 N–H and O–H groups in total. The van der Waals surface area contributed by atoms with Crippen LogP contribution in [0.25, 0.3) is 0 Å². The molecule has 1 aliphatic rings. The van der Waals surface area contributed by atoms with Crippen LogP contribution in [0.15, 0.2) is 54.6 Å². The van der Waals surface area contributed by atoms with Crippen molar-refractivity contribution in [3.63, 3.8) is 0 Å². The number of hydrogen-bond acceptors (Lipinski definition) is 1. The van der Waals surface area contributed by atoms with E-state index < -0.39 is 0 Å². The fourth-order valence-corrected chi connectivity index (χ4v) is 3.17. The summed E-state index contributed by atoms with van der Waals surface area (Å²) in [7, 11) is 0. The summed E-state index contributed by atoms with van der Waals surface area (Å²) < 4.78 is 0. The maximum atomic E-state index is 9.23. The van der Waals surface area contributed by atoms with Crippen molar-refractivity contribution in [3.05, 3.63) is 71.3 Å². The highest BCUT2D eigenvalue weighted by Crippen LogP contribution is 2.46. The number of benzene rings is 2. The molecule has 0 saturated carbocycles. The summed E-state index contributed by atoms with van der Waals surface area (Å²) in [6.07, 6.45) is 2.69. The van der Waals surface area contributed by atoms with Gasteiger partial charge in [0.1, 0.15) is 0 Å². The van der Waals surface area contributed by atoms with Gasteiger partial charge in [-0.3, -0.25) is 0 Å². The number of rotatable bonds is 2. The molecule has 3 rings (SSSR count). The van der Waals surface area contributed by atoms with Gasteiger partial charge in [0.05, 0.1) is 6.07 Å². The summed E-state index contributed by atoms with van der Waals surface area (Å²) in [5.74, 6) is 0. The molecular weight excluding hydrogens is 218 g/mol. The van der Waals surface area contributed by atoms with Crippen molar-refractivity contribution in [1.82, 2.24) is 0 Å². The standard InChI is InChI=1S/C17H15N/c18-13-12-17(15-7-2-1-3-8-15)11-10-14-6-4-5-9-16(14)17/h1-9H,10-12H2/t17-/m1/s1. The highest BCUT2D eigenvalue weighted by molar-refractivity contribution is 5.48. The summed E-state index contributed by atoms with van der Waals surface area (Å²) in [6, 6.07) is 21.4. The molecule has 0 aromatic heterocycles. The lowest BCUT2D eigenvalue weighted by atomic mass is 9.73. The van der Waals surface area contributed by atoms with Gasteiger partial charge in [0.15, 0.2) is 0 Å². The zero-order valence-corrected chi connectivity index (χ0v) is 10.3. The molecule has 0 radical (unpaired) electrons. The van der Waals surface area contributed by atoms with Gasteiger partial charge in [0.2, 0.25) is 0 Å². The van der Waals surface area contributed by atoms with Crippen molar-refractivity contribution in [1.29, 1.82) is 5.26 Å². The van der Waals surface area contributed by atoms with E-state index in [-0.39, 0.29) is 5.41 Å². The second-order valence-electron chi connectivity index (χ2n) is 4.94. The van der Waals surface area contributed by atoms with Crippen LogP contribution in [-0.2, 0) is 11.8 Å². The molecule has 0 saturated heterocycles. The first-order valence-corrected chi connectivity index (χ1v) is 6.38. The van der Waals surface area contributed by atoms with Gasteiger partial charge < -0.3 is 0 Å². The molecule has 88 valence electrons. The summed E-state index contributed by atoms with van der Waals surface area (Å²) in [5, 5.41) is 9.23. The number of fused-ring (bicyclic) bond motifs is 1. The normalized spacial score (nSPS) is 21.3. The average molecular weight is 233 g/mol. The number of nitrogens with zero attached hydrogens (tertiary/aromatic N) is 1. The van der Waals surface area contributed by atoms with Gasteiger partial charge in [-0.05, 0) is 29.5 Å². The Hall–Kier alpha value is -2.07. The van der Waals surface area contributed by atoms with Crippen molar-refractivity contribution in [3.8, 4) is 6.07 Å². The average Bonchev–Trinajstić information content (AvgIpc) is 2.81. The summed E-state index contributed by atoms with van der Waals surface area (Å²) in [6.45, 7) is 0. The van der Waals surface area contributed by atoms with Crippen molar-refractivity contribution >= 4 is 0 Å². The molecule has 0 unspecified atom stereocenters. The van der Waals surface area contributed by atoms with E-state index >= 15 is 0 Å². The van der Waals surface area contributed by atoms with Crippen LogP contribution in [0.1, 0.15) is 29.5 Å². The molecule has 0 fully saturated rings. The van der Waals surface area contributed by atoms with Crippen LogP contribution >= 0.6 is 0 Å². The van der Waals surface area contributed by atoms with Crippen LogP contribution in [0.4, 0.5) is 0 Å². The number of hydrogen-bond donors (Lipinski definition) is 0. The molecule has 1 aliphatic carbocycles. The van der Waals surface area contributed by atoms with E-state index in [1.54, 1.807) is 0 Å². The molecule has 1 atom stereocenters. The largest absolute Gasteiger partial charge is 0.198 e. The van der Waals surface area contributed by atoms with Gasteiger partial charge in [0.25, 0.3) is 0 Å². The molecular formula is C17H15N. The zero-order valence-electron chi connectivity index (χ0n) is 10.3. The number of nitriles is 1. The van der Waals surface area contributed by atoms with E-state index in [9.17, 15) is 5.26 Å². The van der Waals surface area contributed by atoms with Crippen LogP contribution in [0, 0.1) is 11.3 Å². The third-order valence-corrected chi connectivity index (χ3v) is 4.06. The van der Waals surface area contributed by atoms with Gasteiger partial charge in [0, 0.05) is 11.8 Å². The molecule has 0 bridgehead atoms. The first kappa shape index (κ1) is 11.0. The quantitative estimate of drug-likeness (QED) is 0.773. The van der Waals surface area contributed by atoms with E-state index in [4.69, 9.17) is 0 Å². The molecule has 18 heavy (non-hydrogen) atoms. The zero-order chi connectivity index (χ0) is 12.4. The smallest absolute Gasteiger partial charge is 0.0634 e. The van der Waals surface area contributed by atoms with Gasteiger partial charge in [-0.1, -0.05) is 54.6 Å². The topological polar surface area (TPSA) is 23.8 Å². The van der Waals surface area contributed by atoms with Crippen molar-refractivity contribution in [2.24, 2.45) is 0 Å². The third-order valence-electron chi connectivity index (χ3n) is 4.06. The fourth-order valence-electron chi connectivity index (χ4n) is 3.17.